The van der Waals surface area contributed by atoms with E-state index in [0.29, 0.717) is 0 Å². The van der Waals surface area contributed by atoms with E-state index in [2.05, 4.69) is 0 Å². The molecule has 9 heteroatoms. The van der Waals surface area contributed by atoms with Crippen molar-refractivity contribution >= 4 is 17.8 Å². The topological polar surface area (TPSA) is 127 Å². The number of ether oxygens (including phenoxy) is 1. The zero-order valence-corrected chi connectivity index (χ0v) is 13.8. The Kier molecular flexibility index (Phi) is 4.56. The van der Waals surface area contributed by atoms with E-state index in [1.54, 1.807) is 19.1 Å². The number of aliphatic hydroxyl groups is 1. The van der Waals surface area contributed by atoms with Gasteiger partial charge in [-0.05, 0) is 25.1 Å². The van der Waals surface area contributed by atoms with Crippen LogP contribution in [0.25, 0.3) is 0 Å². The molecular weight excluding hydrogens is 344 g/mol. The van der Waals surface area contributed by atoms with Gasteiger partial charge in [0.2, 0.25) is 0 Å². The molecule has 0 saturated carbocycles. The second kappa shape index (κ2) is 6.68. The van der Waals surface area contributed by atoms with E-state index in [0.717, 1.165) is 11.0 Å². The van der Waals surface area contributed by atoms with Gasteiger partial charge in [-0.2, -0.15) is 0 Å². The quantitative estimate of drug-likeness (QED) is 0.359. The molecule has 1 aliphatic heterocycles. The second-order valence-corrected chi connectivity index (χ2v) is 5.98. The van der Waals surface area contributed by atoms with Crippen LogP contribution in [0.5, 0.6) is 0 Å². The number of benzene rings is 1. The van der Waals surface area contributed by atoms with Crippen molar-refractivity contribution in [1.29, 1.82) is 0 Å². The average molecular weight is 360 g/mol. The second-order valence-electron chi connectivity index (χ2n) is 5.98. The minimum absolute atomic E-state index is 0.000920. The normalized spacial score (nSPS) is 24.9. The van der Waals surface area contributed by atoms with Crippen LogP contribution in [-0.4, -0.2) is 57.5 Å². The van der Waals surface area contributed by atoms with Crippen molar-refractivity contribution in [2.45, 2.75) is 31.5 Å². The Morgan fingerprint density at radius 2 is 1.88 bits per heavy atom. The third-order valence-corrected chi connectivity index (χ3v) is 4.48. The highest BCUT2D eigenvalue weighted by Gasteiger charge is 2.51. The van der Waals surface area contributed by atoms with E-state index in [4.69, 9.17) is 4.74 Å². The fourth-order valence-electron chi connectivity index (χ4n) is 3.34. The van der Waals surface area contributed by atoms with Gasteiger partial charge in [-0.3, -0.25) is 24.6 Å². The summed E-state index contributed by atoms with van der Waals surface area (Å²) >= 11 is 0. The summed E-state index contributed by atoms with van der Waals surface area (Å²) in [7, 11) is 0. The Labute approximate surface area is 148 Å². The molecule has 1 aromatic rings. The van der Waals surface area contributed by atoms with Crippen molar-refractivity contribution in [2.75, 3.05) is 6.61 Å². The lowest BCUT2D eigenvalue weighted by atomic mass is 9.87. The van der Waals surface area contributed by atoms with Crippen LogP contribution in [0.1, 0.15) is 34.1 Å². The Balaban J connectivity index is 2.01. The van der Waals surface area contributed by atoms with Gasteiger partial charge in [-0.1, -0.05) is 12.1 Å². The fourth-order valence-corrected chi connectivity index (χ4v) is 3.34. The summed E-state index contributed by atoms with van der Waals surface area (Å²) in [5.41, 5.74) is 0.279. The molecule has 26 heavy (non-hydrogen) atoms. The van der Waals surface area contributed by atoms with E-state index in [9.17, 15) is 29.6 Å². The lowest BCUT2D eigenvalue weighted by molar-refractivity contribution is -0.538. The van der Waals surface area contributed by atoms with E-state index >= 15 is 0 Å². The van der Waals surface area contributed by atoms with Crippen molar-refractivity contribution < 1.29 is 29.2 Å². The van der Waals surface area contributed by atoms with Gasteiger partial charge in [0.1, 0.15) is 12.1 Å². The number of imide groups is 1. The van der Waals surface area contributed by atoms with Gasteiger partial charge >= 0.3 is 5.97 Å². The van der Waals surface area contributed by atoms with Crippen LogP contribution in [0.15, 0.2) is 35.9 Å². The molecule has 3 rings (SSSR count). The lowest BCUT2D eigenvalue weighted by Crippen LogP contribution is -2.56. The molecule has 1 aromatic carbocycles. The monoisotopic (exact) mass is 360 g/mol. The fraction of sp³-hybridized carbons (Fsp3) is 0.353. The number of carbonyl (C=O) groups is 3. The summed E-state index contributed by atoms with van der Waals surface area (Å²) in [5, 5.41) is 21.6. The van der Waals surface area contributed by atoms with Crippen LogP contribution in [0.3, 0.4) is 0 Å². The van der Waals surface area contributed by atoms with E-state index < -0.39 is 40.9 Å². The number of hydrogen-bond acceptors (Lipinski definition) is 7. The highest BCUT2D eigenvalue weighted by Crippen LogP contribution is 2.32. The molecule has 0 spiro atoms. The molecule has 136 valence electrons. The molecule has 2 amide bonds. The van der Waals surface area contributed by atoms with Gasteiger partial charge in [0.15, 0.2) is 0 Å². The van der Waals surface area contributed by atoms with Crippen molar-refractivity contribution in [3.8, 4) is 0 Å². The molecule has 0 radical (unpaired) electrons. The Morgan fingerprint density at radius 3 is 2.38 bits per heavy atom. The highest BCUT2D eigenvalue weighted by atomic mass is 16.6. The van der Waals surface area contributed by atoms with E-state index in [1.165, 1.54) is 12.1 Å². The van der Waals surface area contributed by atoms with Crippen LogP contribution in [0.2, 0.25) is 0 Å². The van der Waals surface area contributed by atoms with Crippen molar-refractivity contribution in [1.82, 2.24) is 4.90 Å². The first-order chi connectivity index (χ1) is 12.4. The Hall–Kier alpha value is -3.07. The number of nitrogens with zero attached hydrogens (tertiary/aromatic N) is 2. The number of aliphatic hydroxyl groups excluding tert-OH is 1. The number of fused-ring (bicyclic) bond motifs is 1. The zero-order chi connectivity index (χ0) is 19.0. The third-order valence-electron chi connectivity index (χ3n) is 4.48. The summed E-state index contributed by atoms with van der Waals surface area (Å²) in [5.74, 6) is -2.10. The number of amides is 2. The highest BCUT2D eigenvalue weighted by molar-refractivity contribution is 6.21. The SMILES string of the molecule is CCOC(=O)C1=C[C@@H](O)[C@H]([N+](=O)[O-])[C@@H](N2C(=O)c3ccccc3C2=O)C1. The largest absolute Gasteiger partial charge is 0.463 e. The van der Waals surface area contributed by atoms with Gasteiger partial charge in [-0.25, -0.2) is 4.79 Å². The standard InChI is InChI=1S/C17H16N2O7/c1-2-26-17(23)9-7-12(14(19(24)25)13(20)8-9)18-15(21)10-5-3-4-6-11(10)16(18)22/h3-6,8,12-14,20H,2,7H2,1H3/t12-,13+,14+/m0/s1. The predicted octanol–water partition coefficient (Wildman–Crippen LogP) is 0.551. The first kappa shape index (κ1) is 17.7. The molecule has 1 aliphatic carbocycles. The maximum Gasteiger partial charge on any atom is 0.333 e. The first-order valence-electron chi connectivity index (χ1n) is 8.03. The predicted molar refractivity (Wildman–Crippen MR) is 86.9 cm³/mol. The maximum absolute atomic E-state index is 12.6. The molecular formula is C17H16N2O7. The van der Waals surface area contributed by atoms with Gasteiger partial charge < -0.3 is 9.84 Å². The third kappa shape index (κ3) is 2.76. The molecule has 0 fully saturated rings. The number of hydrogen-bond donors (Lipinski definition) is 1. The summed E-state index contributed by atoms with van der Waals surface area (Å²) in [4.78, 5) is 48.8. The molecule has 0 aromatic heterocycles. The summed E-state index contributed by atoms with van der Waals surface area (Å²) in [6.07, 6.45) is -0.833. The van der Waals surface area contributed by atoms with Gasteiger partial charge in [0.05, 0.1) is 17.7 Å². The maximum atomic E-state index is 12.6. The summed E-state index contributed by atoms with van der Waals surface area (Å²) in [6.45, 7) is 1.68. The van der Waals surface area contributed by atoms with Gasteiger partial charge in [0, 0.05) is 16.9 Å². The number of esters is 1. The average Bonchev–Trinajstić information content (AvgIpc) is 2.85. The van der Waals surface area contributed by atoms with Crippen molar-refractivity contribution in [3.05, 3.63) is 57.2 Å². The number of rotatable bonds is 4. The first-order valence-corrected chi connectivity index (χ1v) is 8.03. The number of nitro groups is 1. The number of carbonyl (C=O) groups excluding carboxylic acids is 3. The van der Waals surface area contributed by atoms with E-state index in [-0.39, 0.29) is 29.7 Å². The van der Waals surface area contributed by atoms with Gasteiger partial charge in [-0.15, -0.1) is 0 Å². The zero-order valence-electron chi connectivity index (χ0n) is 13.8. The van der Waals surface area contributed by atoms with Crippen molar-refractivity contribution in [2.24, 2.45) is 0 Å². The molecule has 3 atom stereocenters. The van der Waals surface area contributed by atoms with Crippen molar-refractivity contribution in [3.63, 3.8) is 0 Å². The molecule has 9 nitrogen and oxygen atoms in total. The molecule has 0 unspecified atom stereocenters. The summed E-state index contributed by atoms with van der Waals surface area (Å²) in [6, 6.07) is 3.15. The molecule has 0 bridgehead atoms. The minimum atomic E-state index is -1.63. The minimum Gasteiger partial charge on any atom is -0.463 e. The van der Waals surface area contributed by atoms with Crippen LogP contribution in [0.4, 0.5) is 0 Å². The van der Waals surface area contributed by atoms with E-state index in [1.807, 2.05) is 0 Å². The molecule has 2 aliphatic rings. The Morgan fingerprint density at radius 1 is 1.31 bits per heavy atom. The molecule has 0 saturated heterocycles. The van der Waals surface area contributed by atoms with Crippen LogP contribution in [0, 0.1) is 10.1 Å². The molecule has 1 N–H and O–H groups in total. The van der Waals surface area contributed by atoms with Crippen LogP contribution in [-0.2, 0) is 9.53 Å². The smallest absolute Gasteiger partial charge is 0.333 e. The van der Waals surface area contributed by atoms with Gasteiger partial charge in [0.25, 0.3) is 17.9 Å². The van der Waals surface area contributed by atoms with Crippen LogP contribution >= 0.6 is 0 Å². The Bertz CT molecular complexity index is 797. The molecule has 1 heterocycles. The lowest BCUT2D eigenvalue weighted by Gasteiger charge is -2.33. The van der Waals surface area contributed by atoms with Crippen LogP contribution < -0.4 is 0 Å². The summed E-state index contributed by atoms with van der Waals surface area (Å²) < 4.78 is 4.88.